The quantitative estimate of drug-likeness (QED) is 0.482. The second-order valence-electron chi connectivity index (χ2n) is 3.25. The minimum Gasteiger partial charge on any atom is -0.382 e. The van der Waals surface area contributed by atoms with Gasteiger partial charge in [-0.1, -0.05) is 57.2 Å². The Labute approximate surface area is 114 Å². The van der Waals surface area contributed by atoms with Crippen LogP contribution < -0.4 is 0 Å². The molecule has 108 valence electrons. The van der Waals surface area contributed by atoms with E-state index >= 15 is 0 Å². The zero-order chi connectivity index (χ0) is 14.6. The molecule has 0 rings (SSSR count). The van der Waals surface area contributed by atoms with Crippen LogP contribution in [-0.2, 0) is 9.47 Å². The van der Waals surface area contributed by atoms with E-state index in [0.29, 0.717) is 6.61 Å². The summed E-state index contributed by atoms with van der Waals surface area (Å²) in [4.78, 5) is 0. The fourth-order valence-corrected chi connectivity index (χ4v) is 0.893. The molecular weight excluding hydrogens is 224 g/mol. The maximum absolute atomic E-state index is 5.10. The summed E-state index contributed by atoms with van der Waals surface area (Å²) in [6, 6.07) is 0. The van der Waals surface area contributed by atoms with Crippen molar-refractivity contribution in [3.05, 3.63) is 36.5 Å². The molecule has 0 aromatic carbocycles. The first-order valence-corrected chi connectivity index (χ1v) is 6.71. The number of allylic oxidation sites excluding steroid dienone is 5. The molecule has 0 aromatic rings. The lowest BCUT2D eigenvalue weighted by Crippen LogP contribution is -2.01. The van der Waals surface area contributed by atoms with Crippen molar-refractivity contribution in [1.29, 1.82) is 0 Å². The normalized spacial score (nSPS) is 10.2. The van der Waals surface area contributed by atoms with Gasteiger partial charge in [-0.2, -0.15) is 0 Å². The molecule has 0 unspecified atom stereocenters. The van der Waals surface area contributed by atoms with Crippen molar-refractivity contribution in [2.45, 2.75) is 41.0 Å². The first-order valence-electron chi connectivity index (χ1n) is 6.71. The fourth-order valence-electron chi connectivity index (χ4n) is 0.893. The average Bonchev–Trinajstić information content (AvgIpc) is 2.39. The molecule has 18 heavy (non-hydrogen) atoms. The highest BCUT2D eigenvalue weighted by Gasteiger charge is 1.81. The van der Waals surface area contributed by atoms with Crippen LogP contribution in [0.4, 0.5) is 0 Å². The Kier molecular flexibility index (Phi) is 31.1. The van der Waals surface area contributed by atoms with E-state index in [-0.39, 0.29) is 0 Å². The Hall–Kier alpha value is -0.860. The van der Waals surface area contributed by atoms with Gasteiger partial charge in [-0.15, -0.1) is 0 Å². The van der Waals surface area contributed by atoms with Crippen LogP contribution in [0.5, 0.6) is 0 Å². The van der Waals surface area contributed by atoms with Crippen molar-refractivity contribution in [1.82, 2.24) is 0 Å². The summed E-state index contributed by atoms with van der Waals surface area (Å²) in [6.07, 6.45) is 8.90. The van der Waals surface area contributed by atoms with Crippen LogP contribution in [0.2, 0.25) is 0 Å². The fraction of sp³-hybridized carbons (Fsp3) is 0.625. The summed E-state index contributed by atoms with van der Waals surface area (Å²) in [7, 11) is 1.68. The highest BCUT2D eigenvalue weighted by atomic mass is 16.5. The maximum Gasteiger partial charge on any atom is 0.0700 e. The van der Waals surface area contributed by atoms with E-state index < -0.39 is 0 Å². The molecule has 2 nitrogen and oxygen atoms in total. The predicted octanol–water partition coefficient (Wildman–Crippen LogP) is 4.78. The van der Waals surface area contributed by atoms with Crippen LogP contribution >= 0.6 is 0 Å². The third-order valence-electron chi connectivity index (χ3n) is 1.59. The Morgan fingerprint density at radius 1 is 1.17 bits per heavy atom. The molecule has 0 fully saturated rings. The third-order valence-corrected chi connectivity index (χ3v) is 1.59. The number of hydrogen-bond acceptors (Lipinski definition) is 2. The van der Waals surface area contributed by atoms with Crippen molar-refractivity contribution < 1.29 is 9.47 Å². The Bertz CT molecular complexity index is 187. The predicted molar refractivity (Wildman–Crippen MR) is 83.1 cm³/mol. The van der Waals surface area contributed by atoms with E-state index in [1.165, 1.54) is 5.57 Å². The molecule has 0 atom stereocenters. The third kappa shape index (κ3) is 29.4. The summed E-state index contributed by atoms with van der Waals surface area (Å²) < 4.78 is 9.86. The van der Waals surface area contributed by atoms with Gasteiger partial charge in [0, 0.05) is 13.7 Å². The summed E-state index contributed by atoms with van der Waals surface area (Å²) in [6.45, 7) is 16.0. The minimum atomic E-state index is 0.708. The van der Waals surface area contributed by atoms with Crippen molar-refractivity contribution >= 4 is 0 Å². The average molecular weight is 256 g/mol. The van der Waals surface area contributed by atoms with Gasteiger partial charge in [0.25, 0.3) is 0 Å². The van der Waals surface area contributed by atoms with Crippen LogP contribution in [0.25, 0.3) is 0 Å². The van der Waals surface area contributed by atoms with Gasteiger partial charge in [0.15, 0.2) is 0 Å². The number of rotatable bonds is 7. The molecular formula is C16H32O2. The lowest BCUT2D eigenvalue weighted by Gasteiger charge is -1.98. The van der Waals surface area contributed by atoms with E-state index in [1.807, 2.05) is 45.9 Å². The second kappa shape index (κ2) is 25.1. The minimum absolute atomic E-state index is 0.708. The van der Waals surface area contributed by atoms with Crippen LogP contribution in [0.1, 0.15) is 41.0 Å². The van der Waals surface area contributed by atoms with Gasteiger partial charge in [0.05, 0.1) is 13.2 Å². The smallest absolute Gasteiger partial charge is 0.0700 e. The monoisotopic (exact) mass is 256 g/mol. The maximum atomic E-state index is 5.10. The van der Waals surface area contributed by atoms with Crippen LogP contribution in [0, 0.1) is 0 Å². The van der Waals surface area contributed by atoms with Gasteiger partial charge in [-0.25, -0.2) is 0 Å². The summed E-state index contributed by atoms with van der Waals surface area (Å²) >= 11 is 0. The molecule has 0 amide bonds. The first kappa shape index (κ1) is 22.3. The molecule has 0 saturated heterocycles. The zero-order valence-corrected chi connectivity index (χ0v) is 13.2. The van der Waals surface area contributed by atoms with Crippen molar-refractivity contribution in [3.63, 3.8) is 0 Å². The molecule has 0 spiro atoms. The Morgan fingerprint density at radius 2 is 1.78 bits per heavy atom. The highest BCUT2D eigenvalue weighted by molar-refractivity contribution is 5.19. The molecule has 0 radical (unpaired) electrons. The zero-order valence-electron chi connectivity index (χ0n) is 13.2. The van der Waals surface area contributed by atoms with E-state index in [1.54, 1.807) is 13.2 Å². The van der Waals surface area contributed by atoms with Gasteiger partial charge < -0.3 is 9.47 Å². The molecule has 0 N–H and O–H groups in total. The molecule has 2 heteroatoms. The van der Waals surface area contributed by atoms with Crippen molar-refractivity contribution in [3.8, 4) is 0 Å². The van der Waals surface area contributed by atoms with Gasteiger partial charge in [-0.05, 0) is 20.3 Å². The van der Waals surface area contributed by atoms with Crippen LogP contribution in [-0.4, -0.2) is 26.9 Å². The molecule has 0 aliphatic heterocycles. The second-order valence-corrected chi connectivity index (χ2v) is 3.25. The topological polar surface area (TPSA) is 18.5 Å². The lowest BCUT2D eigenvalue weighted by atomic mass is 10.2. The van der Waals surface area contributed by atoms with E-state index in [0.717, 1.165) is 19.6 Å². The van der Waals surface area contributed by atoms with Crippen LogP contribution in [0.3, 0.4) is 0 Å². The molecule has 0 aliphatic carbocycles. The molecule has 0 aliphatic rings. The Balaban J connectivity index is -0.000000219. The lowest BCUT2D eigenvalue weighted by molar-refractivity contribution is 0.0710. The molecule has 0 aromatic heterocycles. The summed E-state index contributed by atoms with van der Waals surface area (Å²) in [5, 5.41) is 0. The molecule has 0 saturated carbocycles. The largest absolute Gasteiger partial charge is 0.382 e. The first-order chi connectivity index (χ1) is 8.72. The summed E-state index contributed by atoms with van der Waals surface area (Å²) in [5.41, 5.74) is 1.24. The van der Waals surface area contributed by atoms with Gasteiger partial charge >= 0.3 is 0 Å². The van der Waals surface area contributed by atoms with Crippen molar-refractivity contribution in [2.24, 2.45) is 0 Å². The summed E-state index contributed by atoms with van der Waals surface area (Å²) in [5.74, 6) is 0. The number of hydrogen-bond donors (Lipinski definition) is 0. The Morgan fingerprint density at radius 3 is 2.17 bits per heavy atom. The number of ether oxygens (including phenoxy) is 2. The van der Waals surface area contributed by atoms with Crippen molar-refractivity contribution in [2.75, 3.05) is 26.9 Å². The van der Waals surface area contributed by atoms with Gasteiger partial charge in [0.2, 0.25) is 0 Å². The standard InChI is InChI=1S/C8H12.C6H14O2.C2H6/c1-4-6-8(3)7-5-2;1-3-4-8-6-5-7-2;1-2/h4-7H,1H2,2-3H3;3-6H2,1-2H3;1-2H3/b7-5-,8-6-;;. The molecule has 0 heterocycles. The highest BCUT2D eigenvalue weighted by Crippen LogP contribution is 1.92. The van der Waals surface area contributed by atoms with E-state index in [4.69, 9.17) is 9.47 Å². The SMILES string of the molecule is C=C/C=C(C)\C=C/C.CC.CCCOCCOC. The van der Waals surface area contributed by atoms with E-state index in [9.17, 15) is 0 Å². The van der Waals surface area contributed by atoms with Gasteiger partial charge in [0.1, 0.15) is 0 Å². The van der Waals surface area contributed by atoms with Crippen LogP contribution in [0.15, 0.2) is 36.5 Å². The van der Waals surface area contributed by atoms with Gasteiger partial charge in [-0.3, -0.25) is 0 Å². The number of methoxy groups -OCH3 is 1. The molecule has 0 bridgehead atoms. The van der Waals surface area contributed by atoms with E-state index in [2.05, 4.69) is 13.5 Å².